The van der Waals surface area contributed by atoms with Crippen LogP contribution in [-0.2, 0) is 27.2 Å². The molecule has 10 heteroatoms. The molecule has 5 rings (SSSR count). The number of carbonyl (C=O) groups excluding carboxylic acids is 2. The number of ether oxygens (including phenoxy) is 2. The minimum atomic E-state index is -0.239. The Hall–Kier alpha value is -3.24. The molecule has 0 saturated carbocycles. The molecule has 2 saturated heterocycles. The Kier molecular flexibility index (Phi) is 7.10. The Balaban J connectivity index is 1.43. The van der Waals surface area contributed by atoms with E-state index in [2.05, 4.69) is 15.5 Å². The number of nitrogens with one attached hydrogen (secondary N) is 2. The summed E-state index contributed by atoms with van der Waals surface area (Å²) in [6.45, 7) is 7.63. The summed E-state index contributed by atoms with van der Waals surface area (Å²) >= 11 is 0. The lowest BCUT2D eigenvalue weighted by Gasteiger charge is -2.35. The van der Waals surface area contributed by atoms with E-state index in [1.807, 2.05) is 36.1 Å². The maximum absolute atomic E-state index is 13.1. The number of rotatable bonds is 5. The quantitative estimate of drug-likeness (QED) is 0.674. The van der Waals surface area contributed by atoms with Crippen molar-refractivity contribution in [2.24, 2.45) is 5.92 Å². The molecule has 2 N–H and O–H groups in total. The molecule has 2 aromatic rings. The molecule has 1 aromatic heterocycles. The smallest absolute Gasteiger partial charge is 0.319 e. The second-order valence-electron chi connectivity index (χ2n) is 9.03. The normalized spacial score (nSPS) is 19.9. The van der Waals surface area contributed by atoms with E-state index in [9.17, 15) is 9.59 Å². The number of benzene rings is 1. The number of hydrogen-bond acceptors (Lipinski definition) is 7. The van der Waals surface area contributed by atoms with Crippen LogP contribution >= 0.6 is 0 Å². The van der Waals surface area contributed by atoms with E-state index in [4.69, 9.17) is 19.4 Å². The minimum Gasteiger partial charge on any atom is -0.381 e. The van der Waals surface area contributed by atoms with Crippen LogP contribution in [0.15, 0.2) is 24.3 Å². The first-order valence-electron chi connectivity index (χ1n) is 12.4. The molecule has 3 amide bonds. The molecular weight excluding hydrogens is 448 g/mol. The van der Waals surface area contributed by atoms with Gasteiger partial charge in [-0.15, -0.1) is 0 Å². The van der Waals surface area contributed by atoms with Crippen molar-refractivity contribution in [1.82, 2.24) is 20.2 Å². The summed E-state index contributed by atoms with van der Waals surface area (Å²) in [4.78, 5) is 39.0. The van der Waals surface area contributed by atoms with Crippen LogP contribution in [0.2, 0.25) is 0 Å². The van der Waals surface area contributed by atoms with Crippen LogP contribution in [-0.4, -0.2) is 79.4 Å². The highest BCUT2D eigenvalue weighted by Crippen LogP contribution is 2.31. The van der Waals surface area contributed by atoms with Gasteiger partial charge in [0.15, 0.2) is 5.82 Å². The van der Waals surface area contributed by atoms with Gasteiger partial charge >= 0.3 is 6.03 Å². The second kappa shape index (κ2) is 10.6. The maximum atomic E-state index is 13.1. The highest BCUT2D eigenvalue weighted by atomic mass is 16.5. The monoisotopic (exact) mass is 480 g/mol. The van der Waals surface area contributed by atoms with Gasteiger partial charge < -0.3 is 29.9 Å². The van der Waals surface area contributed by atoms with E-state index in [0.717, 1.165) is 48.6 Å². The van der Waals surface area contributed by atoms with E-state index < -0.39 is 0 Å². The number of aromatic nitrogens is 2. The molecular formula is C25H32N6O4. The highest BCUT2D eigenvalue weighted by molar-refractivity contribution is 5.89. The second-order valence-corrected chi connectivity index (χ2v) is 9.03. The van der Waals surface area contributed by atoms with E-state index >= 15 is 0 Å². The number of amides is 3. The molecule has 3 aliphatic rings. The van der Waals surface area contributed by atoms with E-state index in [0.29, 0.717) is 57.6 Å². The number of carbonyl (C=O) groups is 2. The molecule has 0 spiro atoms. The van der Waals surface area contributed by atoms with Gasteiger partial charge in [0.05, 0.1) is 38.0 Å². The summed E-state index contributed by atoms with van der Waals surface area (Å²) in [5.41, 5.74) is 3.58. The molecule has 2 fully saturated rings. The lowest BCUT2D eigenvalue weighted by Crippen LogP contribution is -2.42. The number of urea groups is 1. The summed E-state index contributed by atoms with van der Waals surface area (Å²) in [6, 6.07) is 7.27. The zero-order chi connectivity index (χ0) is 24.2. The van der Waals surface area contributed by atoms with Crippen LogP contribution in [0.1, 0.15) is 24.6 Å². The zero-order valence-electron chi connectivity index (χ0n) is 20.1. The Morgan fingerprint density at radius 3 is 2.57 bits per heavy atom. The third-order valence-electron chi connectivity index (χ3n) is 6.68. The third-order valence-corrected chi connectivity index (χ3v) is 6.68. The Morgan fingerprint density at radius 1 is 1.06 bits per heavy atom. The average Bonchev–Trinajstić information content (AvgIpc) is 3.43. The van der Waals surface area contributed by atoms with Crippen LogP contribution in [0.25, 0.3) is 11.4 Å². The summed E-state index contributed by atoms with van der Waals surface area (Å²) in [5, 5.41) is 5.53. The van der Waals surface area contributed by atoms with Gasteiger partial charge in [-0.1, -0.05) is 0 Å². The largest absolute Gasteiger partial charge is 0.381 e. The van der Waals surface area contributed by atoms with Gasteiger partial charge in [0.2, 0.25) is 5.91 Å². The molecule has 0 aliphatic carbocycles. The predicted molar refractivity (Wildman–Crippen MR) is 131 cm³/mol. The highest BCUT2D eigenvalue weighted by Gasteiger charge is 2.32. The molecule has 3 aliphatic heterocycles. The molecule has 186 valence electrons. The van der Waals surface area contributed by atoms with Gasteiger partial charge in [0, 0.05) is 49.6 Å². The molecule has 1 unspecified atom stereocenters. The third kappa shape index (κ3) is 5.23. The summed E-state index contributed by atoms with van der Waals surface area (Å²) in [6.07, 6.45) is 1.52. The van der Waals surface area contributed by atoms with Gasteiger partial charge in [-0.05, 0) is 44.0 Å². The Bertz CT molecular complexity index is 1060. The van der Waals surface area contributed by atoms with Crippen molar-refractivity contribution >= 4 is 23.4 Å². The fraction of sp³-hybridized carbons (Fsp3) is 0.520. The lowest BCUT2D eigenvalue weighted by atomic mass is 10.0. The molecule has 1 atom stereocenters. The minimum absolute atomic E-state index is 0.0541. The Labute approximate surface area is 205 Å². The number of nitrogens with zero attached hydrogens (tertiary/aromatic N) is 4. The average molecular weight is 481 g/mol. The van der Waals surface area contributed by atoms with Gasteiger partial charge in [-0.3, -0.25) is 4.79 Å². The van der Waals surface area contributed by atoms with E-state index in [-0.39, 0.29) is 17.9 Å². The predicted octanol–water partition coefficient (Wildman–Crippen LogP) is 2.04. The van der Waals surface area contributed by atoms with Crippen molar-refractivity contribution in [3.63, 3.8) is 0 Å². The topological polar surface area (TPSA) is 109 Å². The van der Waals surface area contributed by atoms with Crippen molar-refractivity contribution < 1.29 is 19.1 Å². The van der Waals surface area contributed by atoms with Crippen molar-refractivity contribution in [1.29, 1.82) is 0 Å². The lowest BCUT2D eigenvalue weighted by molar-refractivity contribution is -0.136. The first kappa shape index (κ1) is 23.5. The number of anilines is 2. The molecule has 4 heterocycles. The van der Waals surface area contributed by atoms with Crippen molar-refractivity contribution in [3.8, 4) is 11.4 Å². The molecule has 10 nitrogen and oxygen atoms in total. The molecule has 35 heavy (non-hydrogen) atoms. The fourth-order valence-corrected chi connectivity index (χ4v) is 4.79. The van der Waals surface area contributed by atoms with E-state index in [1.165, 1.54) is 0 Å². The molecule has 0 bridgehead atoms. The van der Waals surface area contributed by atoms with Crippen LogP contribution in [0.5, 0.6) is 0 Å². The molecule has 1 aromatic carbocycles. The van der Waals surface area contributed by atoms with Crippen LogP contribution in [0.4, 0.5) is 16.3 Å². The number of morpholine rings is 1. The van der Waals surface area contributed by atoms with Gasteiger partial charge in [0.25, 0.3) is 0 Å². The maximum Gasteiger partial charge on any atom is 0.319 e. The summed E-state index contributed by atoms with van der Waals surface area (Å²) < 4.78 is 11.0. The van der Waals surface area contributed by atoms with Crippen LogP contribution in [0, 0.1) is 5.92 Å². The first-order valence-corrected chi connectivity index (χ1v) is 12.4. The SMILES string of the molecule is CCNC(=O)Nc1ccc(-c2nc3c(c(N4CCOCC4)n2)CCN(C(=O)C2CCOC2)C3)cc1. The van der Waals surface area contributed by atoms with Gasteiger partial charge in [-0.2, -0.15) is 0 Å². The molecule has 0 radical (unpaired) electrons. The number of fused-ring (bicyclic) bond motifs is 1. The van der Waals surface area contributed by atoms with Crippen LogP contribution in [0.3, 0.4) is 0 Å². The van der Waals surface area contributed by atoms with Gasteiger partial charge in [-0.25, -0.2) is 14.8 Å². The van der Waals surface area contributed by atoms with E-state index in [1.54, 1.807) is 0 Å². The summed E-state index contributed by atoms with van der Waals surface area (Å²) in [5.74, 6) is 1.66. The fourth-order valence-electron chi connectivity index (χ4n) is 4.79. The van der Waals surface area contributed by atoms with Crippen molar-refractivity contribution in [3.05, 3.63) is 35.5 Å². The zero-order valence-corrected chi connectivity index (χ0v) is 20.1. The summed E-state index contributed by atoms with van der Waals surface area (Å²) in [7, 11) is 0. The van der Waals surface area contributed by atoms with Gasteiger partial charge in [0.1, 0.15) is 5.82 Å². The standard InChI is InChI=1S/C25H32N6O4/c1-2-26-25(33)27-19-5-3-17(4-6-19)22-28-21-15-31(24(32)18-8-12-35-16-18)9-7-20(21)23(29-22)30-10-13-34-14-11-30/h3-6,18H,2,7-16H2,1H3,(H2,26,27,33). The first-order chi connectivity index (χ1) is 17.1. The van der Waals surface area contributed by atoms with Crippen molar-refractivity contribution in [2.45, 2.75) is 26.3 Å². The van der Waals surface area contributed by atoms with Crippen LogP contribution < -0.4 is 15.5 Å². The number of hydrogen-bond donors (Lipinski definition) is 2. The van der Waals surface area contributed by atoms with Crippen molar-refractivity contribution in [2.75, 3.05) is 62.8 Å². The Morgan fingerprint density at radius 2 is 1.86 bits per heavy atom.